The van der Waals surface area contributed by atoms with Gasteiger partial charge in [-0.05, 0) is 50.7 Å². The third-order valence-corrected chi connectivity index (χ3v) is 4.93. The van der Waals surface area contributed by atoms with Gasteiger partial charge in [-0.1, -0.05) is 15.9 Å². The molecular formula is C15H23BrFN3. The molecule has 0 spiro atoms. The topological polar surface area (TPSA) is 32.5 Å². The number of nitrogens with two attached hydrogens (primary N) is 1. The minimum absolute atomic E-state index is 0.0863. The third kappa shape index (κ3) is 3.58. The lowest BCUT2D eigenvalue weighted by Gasteiger charge is -2.39. The minimum atomic E-state index is -0.204. The zero-order valence-corrected chi connectivity index (χ0v) is 13.7. The van der Waals surface area contributed by atoms with E-state index in [1.807, 2.05) is 0 Å². The van der Waals surface area contributed by atoms with Crippen molar-refractivity contribution < 1.29 is 4.39 Å². The van der Waals surface area contributed by atoms with Crippen LogP contribution < -0.4 is 5.73 Å². The molecule has 3 nitrogen and oxygen atoms in total. The molecule has 5 heteroatoms. The molecule has 2 N–H and O–H groups in total. The Balaban J connectivity index is 2.11. The van der Waals surface area contributed by atoms with Gasteiger partial charge in [-0.3, -0.25) is 4.90 Å². The van der Waals surface area contributed by atoms with Crippen molar-refractivity contribution >= 4 is 15.9 Å². The molecule has 1 aromatic carbocycles. The van der Waals surface area contributed by atoms with E-state index in [0.29, 0.717) is 12.6 Å². The molecule has 20 heavy (non-hydrogen) atoms. The Morgan fingerprint density at radius 3 is 2.60 bits per heavy atom. The molecule has 0 radical (unpaired) electrons. The predicted octanol–water partition coefficient (Wildman–Crippen LogP) is 2.61. The molecule has 0 aliphatic carbocycles. The first-order valence-corrected chi connectivity index (χ1v) is 7.87. The number of rotatable bonds is 4. The van der Waals surface area contributed by atoms with Crippen molar-refractivity contribution in [2.24, 2.45) is 5.73 Å². The van der Waals surface area contributed by atoms with Gasteiger partial charge in [-0.15, -0.1) is 0 Å². The summed E-state index contributed by atoms with van der Waals surface area (Å²) in [6, 6.07) is 5.56. The van der Waals surface area contributed by atoms with Gasteiger partial charge in [0, 0.05) is 36.2 Å². The molecule has 1 saturated heterocycles. The molecule has 1 fully saturated rings. The zero-order valence-electron chi connectivity index (χ0n) is 12.1. The van der Waals surface area contributed by atoms with Crippen LogP contribution in [0.1, 0.15) is 24.4 Å². The van der Waals surface area contributed by atoms with Gasteiger partial charge >= 0.3 is 0 Å². The van der Waals surface area contributed by atoms with E-state index in [1.165, 1.54) is 6.07 Å². The summed E-state index contributed by atoms with van der Waals surface area (Å²) >= 11 is 3.52. The van der Waals surface area contributed by atoms with Gasteiger partial charge in [-0.25, -0.2) is 4.39 Å². The van der Waals surface area contributed by atoms with Crippen molar-refractivity contribution in [3.8, 4) is 0 Å². The number of nitrogens with zero attached hydrogens (tertiary/aromatic N) is 2. The Hall–Kier alpha value is -0.490. The van der Waals surface area contributed by atoms with Crippen LogP contribution in [0.25, 0.3) is 0 Å². The number of hydrogen-bond acceptors (Lipinski definition) is 3. The smallest absolute Gasteiger partial charge is 0.123 e. The van der Waals surface area contributed by atoms with Crippen LogP contribution in [0.5, 0.6) is 0 Å². The first-order chi connectivity index (χ1) is 9.52. The van der Waals surface area contributed by atoms with Crippen LogP contribution in [0.3, 0.4) is 0 Å². The fraction of sp³-hybridized carbons (Fsp3) is 0.600. The maximum Gasteiger partial charge on any atom is 0.123 e. The van der Waals surface area contributed by atoms with Crippen molar-refractivity contribution in [1.82, 2.24) is 9.80 Å². The normalized spacial score (nSPS) is 19.5. The highest BCUT2D eigenvalue weighted by molar-refractivity contribution is 9.10. The molecule has 0 amide bonds. The molecule has 0 aromatic heterocycles. The van der Waals surface area contributed by atoms with E-state index < -0.39 is 0 Å². The lowest BCUT2D eigenvalue weighted by molar-refractivity contribution is 0.110. The molecule has 1 heterocycles. The molecule has 1 atom stereocenters. The largest absolute Gasteiger partial charge is 0.329 e. The van der Waals surface area contributed by atoms with Crippen LogP contribution in [-0.4, -0.2) is 49.6 Å². The van der Waals surface area contributed by atoms with E-state index in [9.17, 15) is 4.39 Å². The Morgan fingerprint density at radius 1 is 1.40 bits per heavy atom. The fourth-order valence-electron chi connectivity index (χ4n) is 2.96. The first kappa shape index (κ1) is 15.9. The van der Waals surface area contributed by atoms with Crippen molar-refractivity contribution in [3.63, 3.8) is 0 Å². The molecule has 2 rings (SSSR count). The van der Waals surface area contributed by atoms with Crippen molar-refractivity contribution in [3.05, 3.63) is 34.1 Å². The summed E-state index contributed by atoms with van der Waals surface area (Å²) in [4.78, 5) is 4.66. The second kappa shape index (κ2) is 6.98. The van der Waals surface area contributed by atoms with Crippen molar-refractivity contribution in [2.45, 2.75) is 24.9 Å². The molecule has 112 valence electrons. The van der Waals surface area contributed by atoms with Gasteiger partial charge in [-0.2, -0.15) is 0 Å². The number of halogens is 2. The molecule has 1 aliphatic rings. The van der Waals surface area contributed by atoms with Crippen molar-refractivity contribution in [2.75, 3.05) is 33.7 Å². The second-order valence-electron chi connectivity index (χ2n) is 5.65. The maximum atomic E-state index is 13.5. The van der Waals surface area contributed by atoms with Gasteiger partial charge in [0.25, 0.3) is 0 Å². The second-order valence-corrected chi connectivity index (χ2v) is 6.50. The fourth-order valence-corrected chi connectivity index (χ4v) is 3.47. The SMILES string of the molecule is CN(C)C1CCN(C(CN)c2cc(F)ccc2Br)CC1. The van der Waals surface area contributed by atoms with Crippen LogP contribution in [0.2, 0.25) is 0 Å². The third-order valence-electron chi connectivity index (χ3n) is 4.21. The lowest BCUT2D eigenvalue weighted by atomic mass is 9.98. The van der Waals surface area contributed by atoms with Crippen LogP contribution in [0.15, 0.2) is 22.7 Å². The first-order valence-electron chi connectivity index (χ1n) is 7.08. The average molecular weight is 344 g/mol. The predicted molar refractivity (Wildman–Crippen MR) is 84.2 cm³/mol. The van der Waals surface area contributed by atoms with Crippen molar-refractivity contribution in [1.29, 1.82) is 0 Å². The van der Waals surface area contributed by atoms with E-state index in [0.717, 1.165) is 36.0 Å². The van der Waals surface area contributed by atoms with Crippen LogP contribution in [0.4, 0.5) is 4.39 Å². The quantitative estimate of drug-likeness (QED) is 0.911. The zero-order chi connectivity index (χ0) is 14.7. The van der Waals surface area contributed by atoms with E-state index in [1.54, 1.807) is 12.1 Å². The summed E-state index contributed by atoms with van der Waals surface area (Å²) in [6.45, 7) is 2.52. The van der Waals surface area contributed by atoms with Crippen LogP contribution in [-0.2, 0) is 0 Å². The van der Waals surface area contributed by atoms with E-state index in [2.05, 4.69) is 39.8 Å². The van der Waals surface area contributed by atoms with Crippen LogP contribution >= 0.6 is 15.9 Å². The average Bonchev–Trinajstić information content (AvgIpc) is 2.44. The standard InChI is InChI=1S/C15H23BrFN3/c1-19(2)12-5-7-20(8-6-12)15(10-18)13-9-11(17)3-4-14(13)16/h3-4,9,12,15H,5-8,10,18H2,1-2H3. The minimum Gasteiger partial charge on any atom is -0.329 e. The monoisotopic (exact) mass is 343 g/mol. The maximum absolute atomic E-state index is 13.5. The van der Waals surface area contributed by atoms with Crippen LogP contribution in [0, 0.1) is 5.82 Å². The number of piperidine rings is 1. The highest BCUT2D eigenvalue weighted by atomic mass is 79.9. The molecular weight excluding hydrogens is 321 g/mol. The molecule has 1 aliphatic heterocycles. The molecule has 0 bridgehead atoms. The summed E-state index contributed by atoms with van der Waals surface area (Å²) in [6.07, 6.45) is 2.27. The van der Waals surface area contributed by atoms with Gasteiger partial charge < -0.3 is 10.6 Å². The van der Waals surface area contributed by atoms with E-state index in [4.69, 9.17) is 5.73 Å². The van der Waals surface area contributed by atoms with E-state index >= 15 is 0 Å². The van der Waals surface area contributed by atoms with Gasteiger partial charge in [0.2, 0.25) is 0 Å². The number of benzene rings is 1. The summed E-state index contributed by atoms with van der Waals surface area (Å²) in [5, 5.41) is 0. The van der Waals surface area contributed by atoms with Gasteiger partial charge in [0.15, 0.2) is 0 Å². The summed E-state index contributed by atoms with van der Waals surface area (Å²) in [5.74, 6) is -0.204. The highest BCUT2D eigenvalue weighted by Gasteiger charge is 2.27. The Morgan fingerprint density at radius 2 is 2.05 bits per heavy atom. The molecule has 0 saturated carbocycles. The summed E-state index contributed by atoms with van der Waals surface area (Å²) in [7, 11) is 4.26. The lowest BCUT2D eigenvalue weighted by Crippen LogP contribution is -2.45. The van der Waals surface area contributed by atoms with Gasteiger partial charge in [0.05, 0.1) is 0 Å². The Kier molecular flexibility index (Phi) is 5.55. The molecule has 1 aromatic rings. The summed E-state index contributed by atoms with van der Waals surface area (Å²) in [5.41, 5.74) is 6.91. The van der Waals surface area contributed by atoms with Gasteiger partial charge in [0.1, 0.15) is 5.82 Å². The summed E-state index contributed by atoms with van der Waals surface area (Å²) < 4.78 is 14.4. The highest BCUT2D eigenvalue weighted by Crippen LogP contribution is 2.30. The number of likely N-dealkylation sites (tertiary alicyclic amines) is 1. The molecule has 1 unspecified atom stereocenters. The Bertz CT molecular complexity index is 445. The van der Waals surface area contributed by atoms with E-state index in [-0.39, 0.29) is 11.9 Å². The Labute approximate surface area is 129 Å². The number of hydrogen-bond donors (Lipinski definition) is 1.